The lowest BCUT2D eigenvalue weighted by Crippen LogP contribution is -1.97. The SMILES string of the molecule is Cc1cc(N)cc(Sc2ccc3c(c2)OCCCO3)c1. The molecule has 0 fully saturated rings. The van der Waals surface area contributed by atoms with E-state index >= 15 is 0 Å². The van der Waals surface area contributed by atoms with Crippen molar-refractivity contribution in [3.8, 4) is 11.5 Å². The molecule has 3 nitrogen and oxygen atoms in total. The maximum Gasteiger partial charge on any atom is 0.162 e. The zero-order valence-corrected chi connectivity index (χ0v) is 12.2. The molecule has 4 heteroatoms. The van der Waals surface area contributed by atoms with Gasteiger partial charge in [-0.25, -0.2) is 0 Å². The Morgan fingerprint density at radius 1 is 0.950 bits per heavy atom. The van der Waals surface area contributed by atoms with Gasteiger partial charge in [-0.3, -0.25) is 0 Å². The molecule has 1 heterocycles. The quantitative estimate of drug-likeness (QED) is 0.851. The van der Waals surface area contributed by atoms with Crippen LogP contribution in [-0.4, -0.2) is 13.2 Å². The van der Waals surface area contributed by atoms with E-state index in [1.807, 2.05) is 31.2 Å². The third kappa shape index (κ3) is 3.02. The number of fused-ring (bicyclic) bond motifs is 1. The Labute approximate surface area is 123 Å². The van der Waals surface area contributed by atoms with Crippen molar-refractivity contribution in [1.29, 1.82) is 0 Å². The van der Waals surface area contributed by atoms with E-state index in [2.05, 4.69) is 12.1 Å². The molecule has 0 saturated carbocycles. The van der Waals surface area contributed by atoms with Crippen LogP contribution < -0.4 is 15.2 Å². The first-order chi connectivity index (χ1) is 9.70. The minimum atomic E-state index is 0.707. The molecular weight excluding hydrogens is 270 g/mol. The van der Waals surface area contributed by atoms with E-state index in [1.54, 1.807) is 11.8 Å². The van der Waals surface area contributed by atoms with Crippen molar-refractivity contribution in [2.75, 3.05) is 18.9 Å². The molecule has 2 aromatic rings. The molecule has 2 N–H and O–H groups in total. The number of anilines is 1. The summed E-state index contributed by atoms with van der Waals surface area (Å²) in [4.78, 5) is 2.26. The van der Waals surface area contributed by atoms with Crippen LogP contribution in [0.5, 0.6) is 11.5 Å². The smallest absolute Gasteiger partial charge is 0.162 e. The molecule has 0 amide bonds. The van der Waals surface area contributed by atoms with E-state index in [0.717, 1.165) is 33.4 Å². The lowest BCUT2D eigenvalue weighted by atomic mass is 10.2. The second-order valence-corrected chi connectivity index (χ2v) is 5.99. The van der Waals surface area contributed by atoms with Crippen molar-refractivity contribution in [3.63, 3.8) is 0 Å². The molecule has 0 aromatic heterocycles. The number of aryl methyl sites for hydroxylation is 1. The molecule has 104 valence electrons. The normalized spacial score (nSPS) is 13.8. The first kappa shape index (κ1) is 13.2. The second kappa shape index (κ2) is 5.67. The second-order valence-electron chi connectivity index (χ2n) is 4.84. The van der Waals surface area contributed by atoms with Gasteiger partial charge >= 0.3 is 0 Å². The summed E-state index contributed by atoms with van der Waals surface area (Å²) in [5.74, 6) is 1.66. The average molecular weight is 287 g/mol. The highest BCUT2D eigenvalue weighted by atomic mass is 32.2. The first-order valence-corrected chi connectivity index (χ1v) is 7.47. The highest BCUT2D eigenvalue weighted by Crippen LogP contribution is 2.37. The number of hydrogen-bond donors (Lipinski definition) is 1. The Hall–Kier alpha value is -1.81. The largest absolute Gasteiger partial charge is 0.490 e. The van der Waals surface area contributed by atoms with Gasteiger partial charge in [0.25, 0.3) is 0 Å². The zero-order valence-electron chi connectivity index (χ0n) is 11.4. The van der Waals surface area contributed by atoms with Crippen molar-refractivity contribution in [1.82, 2.24) is 0 Å². The summed E-state index contributed by atoms with van der Waals surface area (Å²) in [6.07, 6.45) is 0.922. The van der Waals surface area contributed by atoms with E-state index in [1.165, 1.54) is 5.56 Å². The van der Waals surface area contributed by atoms with Gasteiger partial charge in [-0.2, -0.15) is 0 Å². The van der Waals surface area contributed by atoms with Crippen LogP contribution in [0.4, 0.5) is 5.69 Å². The van der Waals surface area contributed by atoms with Gasteiger partial charge in [0.1, 0.15) is 0 Å². The summed E-state index contributed by atoms with van der Waals surface area (Å²) < 4.78 is 11.3. The Morgan fingerprint density at radius 2 is 1.75 bits per heavy atom. The molecule has 0 aliphatic carbocycles. The van der Waals surface area contributed by atoms with Gasteiger partial charge in [-0.1, -0.05) is 11.8 Å². The lowest BCUT2D eigenvalue weighted by molar-refractivity contribution is 0.297. The van der Waals surface area contributed by atoms with E-state index < -0.39 is 0 Å². The Kier molecular flexibility index (Phi) is 3.74. The van der Waals surface area contributed by atoms with Gasteiger partial charge in [-0.15, -0.1) is 0 Å². The Morgan fingerprint density at radius 3 is 2.55 bits per heavy atom. The van der Waals surface area contributed by atoms with Crippen molar-refractivity contribution in [3.05, 3.63) is 42.0 Å². The van der Waals surface area contributed by atoms with E-state index in [4.69, 9.17) is 15.2 Å². The number of benzene rings is 2. The fourth-order valence-corrected chi connectivity index (χ4v) is 3.19. The van der Waals surface area contributed by atoms with Gasteiger partial charge in [0.05, 0.1) is 13.2 Å². The van der Waals surface area contributed by atoms with Crippen molar-refractivity contribution < 1.29 is 9.47 Å². The third-order valence-corrected chi connectivity index (χ3v) is 3.99. The summed E-state index contributed by atoms with van der Waals surface area (Å²) in [6, 6.07) is 12.1. The summed E-state index contributed by atoms with van der Waals surface area (Å²) in [6.45, 7) is 3.47. The van der Waals surface area contributed by atoms with E-state index in [9.17, 15) is 0 Å². The van der Waals surface area contributed by atoms with E-state index in [-0.39, 0.29) is 0 Å². The summed E-state index contributed by atoms with van der Waals surface area (Å²) >= 11 is 1.68. The van der Waals surface area contributed by atoms with Crippen molar-refractivity contribution >= 4 is 17.4 Å². The fourth-order valence-electron chi connectivity index (χ4n) is 2.18. The molecule has 0 spiro atoms. The van der Waals surface area contributed by atoms with Crippen LogP contribution in [0.3, 0.4) is 0 Å². The van der Waals surface area contributed by atoms with E-state index in [0.29, 0.717) is 13.2 Å². The molecule has 2 aromatic carbocycles. The average Bonchev–Trinajstić information content (AvgIpc) is 2.62. The number of rotatable bonds is 2. The maximum absolute atomic E-state index is 5.89. The predicted molar refractivity (Wildman–Crippen MR) is 81.8 cm³/mol. The molecule has 0 atom stereocenters. The first-order valence-electron chi connectivity index (χ1n) is 6.65. The highest BCUT2D eigenvalue weighted by molar-refractivity contribution is 7.99. The van der Waals surface area contributed by atoms with Crippen molar-refractivity contribution in [2.45, 2.75) is 23.1 Å². The Balaban J connectivity index is 1.85. The van der Waals surface area contributed by atoms with Gasteiger partial charge in [-0.05, 0) is 48.9 Å². The number of ether oxygens (including phenoxy) is 2. The monoisotopic (exact) mass is 287 g/mol. The van der Waals surface area contributed by atoms with Crippen LogP contribution in [-0.2, 0) is 0 Å². The highest BCUT2D eigenvalue weighted by Gasteiger charge is 2.11. The van der Waals surface area contributed by atoms with Crippen LogP contribution in [0, 0.1) is 6.92 Å². The summed E-state index contributed by atoms with van der Waals surface area (Å²) in [7, 11) is 0. The molecule has 0 bridgehead atoms. The maximum atomic E-state index is 5.89. The number of nitrogens with two attached hydrogens (primary N) is 1. The van der Waals surface area contributed by atoms with Crippen LogP contribution in [0.1, 0.15) is 12.0 Å². The van der Waals surface area contributed by atoms with Crippen molar-refractivity contribution in [2.24, 2.45) is 0 Å². The topological polar surface area (TPSA) is 44.5 Å². The minimum Gasteiger partial charge on any atom is -0.490 e. The standard InChI is InChI=1S/C16H17NO2S/c1-11-7-12(17)9-14(8-11)20-13-3-4-15-16(10-13)19-6-2-5-18-15/h3-4,7-10H,2,5-6,17H2,1H3. The lowest BCUT2D eigenvalue weighted by Gasteiger charge is -2.09. The minimum absolute atomic E-state index is 0.707. The molecule has 0 unspecified atom stereocenters. The van der Waals surface area contributed by atoms with Gasteiger partial charge in [0, 0.05) is 21.9 Å². The number of nitrogen functional groups attached to an aromatic ring is 1. The zero-order chi connectivity index (χ0) is 13.9. The number of hydrogen-bond acceptors (Lipinski definition) is 4. The third-order valence-electron chi connectivity index (χ3n) is 3.03. The molecule has 20 heavy (non-hydrogen) atoms. The fraction of sp³-hybridized carbons (Fsp3) is 0.250. The van der Waals surface area contributed by atoms with Gasteiger partial charge in [0.15, 0.2) is 11.5 Å². The molecular formula is C16H17NO2S. The molecule has 0 radical (unpaired) electrons. The summed E-state index contributed by atoms with van der Waals surface area (Å²) in [5.41, 5.74) is 7.85. The van der Waals surface area contributed by atoms with Crippen LogP contribution in [0.15, 0.2) is 46.2 Å². The molecule has 1 aliphatic heterocycles. The molecule has 0 saturated heterocycles. The van der Waals surface area contributed by atoms with Gasteiger partial charge in [0.2, 0.25) is 0 Å². The summed E-state index contributed by atoms with van der Waals surface area (Å²) in [5, 5.41) is 0. The van der Waals surface area contributed by atoms with Crippen LogP contribution >= 0.6 is 11.8 Å². The van der Waals surface area contributed by atoms with Crippen LogP contribution in [0.25, 0.3) is 0 Å². The van der Waals surface area contributed by atoms with Crippen LogP contribution in [0.2, 0.25) is 0 Å². The Bertz CT molecular complexity index is 608. The molecule has 3 rings (SSSR count). The molecule has 1 aliphatic rings. The van der Waals surface area contributed by atoms with Gasteiger partial charge < -0.3 is 15.2 Å². The predicted octanol–water partition coefficient (Wildman–Crippen LogP) is 3.89.